The molecule has 0 aliphatic carbocycles. The Balaban J connectivity index is 2.16. The molecule has 0 radical (unpaired) electrons. The summed E-state index contributed by atoms with van der Waals surface area (Å²) < 4.78 is 0. The van der Waals surface area contributed by atoms with Gasteiger partial charge in [-0.1, -0.05) is 13.0 Å². The molecule has 0 bridgehead atoms. The number of anilines is 1. The van der Waals surface area contributed by atoms with E-state index in [1.165, 1.54) is 0 Å². The van der Waals surface area contributed by atoms with E-state index in [0.717, 1.165) is 37.4 Å². The summed E-state index contributed by atoms with van der Waals surface area (Å²) in [5.74, 6) is 0.998. The predicted octanol–water partition coefficient (Wildman–Crippen LogP) is 0.906. The Labute approximate surface area is 114 Å². The highest BCUT2D eigenvalue weighted by Gasteiger charge is 2.27. The lowest BCUT2D eigenvalue weighted by atomic mass is 10.1. The van der Waals surface area contributed by atoms with Crippen molar-refractivity contribution in [2.24, 2.45) is 0 Å². The van der Waals surface area contributed by atoms with Crippen molar-refractivity contribution in [2.75, 3.05) is 24.5 Å². The Morgan fingerprint density at radius 2 is 2.42 bits per heavy atom. The smallest absolute Gasteiger partial charge is 0.242 e. The van der Waals surface area contributed by atoms with Gasteiger partial charge in [-0.15, -0.1) is 0 Å². The van der Waals surface area contributed by atoms with Crippen molar-refractivity contribution >= 4 is 11.7 Å². The summed E-state index contributed by atoms with van der Waals surface area (Å²) in [7, 11) is 0. The van der Waals surface area contributed by atoms with E-state index in [1.807, 2.05) is 13.0 Å². The lowest BCUT2D eigenvalue weighted by Crippen LogP contribution is -2.54. The van der Waals surface area contributed by atoms with Crippen LogP contribution in [0.5, 0.6) is 0 Å². The number of aromatic nitrogens is 1. The molecule has 2 N–H and O–H groups in total. The number of hydrogen-bond donors (Lipinski definition) is 2. The molecule has 19 heavy (non-hydrogen) atoms. The van der Waals surface area contributed by atoms with E-state index in [0.29, 0.717) is 6.54 Å². The molecule has 2 rings (SSSR count). The number of nitrogens with zero attached hydrogens (tertiary/aromatic N) is 2. The minimum absolute atomic E-state index is 0.0735. The molecular formula is C14H22N4O. The summed E-state index contributed by atoms with van der Waals surface area (Å²) in [5.41, 5.74) is 1.15. The summed E-state index contributed by atoms with van der Waals surface area (Å²) in [5, 5.41) is 6.27. The fraction of sp³-hybridized carbons (Fsp3) is 0.571. The third kappa shape index (κ3) is 3.23. The van der Waals surface area contributed by atoms with Crippen LogP contribution in [-0.4, -0.2) is 36.6 Å². The highest BCUT2D eigenvalue weighted by Crippen LogP contribution is 2.20. The van der Waals surface area contributed by atoms with Gasteiger partial charge in [0.05, 0.1) is 0 Å². The zero-order valence-electron chi connectivity index (χ0n) is 11.6. The molecule has 1 aliphatic rings. The summed E-state index contributed by atoms with van der Waals surface area (Å²) in [4.78, 5) is 18.3. The van der Waals surface area contributed by atoms with Crippen LogP contribution in [0.25, 0.3) is 0 Å². The molecule has 1 atom stereocenters. The minimum atomic E-state index is -0.159. The first-order valence-electron chi connectivity index (χ1n) is 6.93. The molecule has 1 saturated heterocycles. The van der Waals surface area contributed by atoms with Crippen LogP contribution in [0, 0.1) is 0 Å². The first-order valence-corrected chi connectivity index (χ1v) is 6.93. The average Bonchev–Trinajstić information content (AvgIpc) is 2.43. The first kappa shape index (κ1) is 13.8. The van der Waals surface area contributed by atoms with Gasteiger partial charge in [-0.2, -0.15) is 0 Å². The number of pyridine rings is 1. The lowest BCUT2D eigenvalue weighted by molar-refractivity contribution is -0.122. The number of carbonyl (C=O) groups excluding carboxylic acids is 1. The lowest BCUT2D eigenvalue weighted by Gasteiger charge is -2.34. The first-order chi connectivity index (χ1) is 9.24. The average molecular weight is 262 g/mol. The SMILES string of the molecule is CCCNCc1cccnc1N1CCNC(=O)C1C. The molecule has 1 aromatic rings. The molecule has 1 aromatic heterocycles. The number of piperazine rings is 1. The third-order valence-electron chi connectivity index (χ3n) is 3.38. The maximum Gasteiger partial charge on any atom is 0.242 e. The van der Waals surface area contributed by atoms with Crippen molar-refractivity contribution in [3.63, 3.8) is 0 Å². The summed E-state index contributed by atoms with van der Waals surface area (Å²) in [6, 6.07) is 3.86. The molecule has 0 saturated carbocycles. The largest absolute Gasteiger partial charge is 0.353 e. The number of nitrogens with one attached hydrogen (secondary N) is 2. The number of rotatable bonds is 5. The molecule has 2 heterocycles. The van der Waals surface area contributed by atoms with Crippen LogP contribution in [0.1, 0.15) is 25.8 Å². The zero-order valence-corrected chi connectivity index (χ0v) is 11.6. The van der Waals surface area contributed by atoms with Crippen LogP contribution in [0.3, 0.4) is 0 Å². The highest BCUT2D eigenvalue weighted by atomic mass is 16.2. The van der Waals surface area contributed by atoms with Gasteiger partial charge in [0.15, 0.2) is 0 Å². The highest BCUT2D eigenvalue weighted by molar-refractivity contribution is 5.86. The monoisotopic (exact) mass is 262 g/mol. The van der Waals surface area contributed by atoms with E-state index >= 15 is 0 Å². The van der Waals surface area contributed by atoms with Crippen molar-refractivity contribution in [1.29, 1.82) is 0 Å². The van der Waals surface area contributed by atoms with Gasteiger partial charge in [0.25, 0.3) is 0 Å². The second-order valence-corrected chi connectivity index (χ2v) is 4.82. The summed E-state index contributed by atoms with van der Waals surface area (Å²) >= 11 is 0. The molecule has 0 spiro atoms. The van der Waals surface area contributed by atoms with Crippen molar-refractivity contribution < 1.29 is 4.79 Å². The number of carbonyl (C=O) groups is 1. The van der Waals surface area contributed by atoms with Crippen molar-refractivity contribution in [3.05, 3.63) is 23.9 Å². The van der Waals surface area contributed by atoms with E-state index in [1.54, 1.807) is 6.20 Å². The topological polar surface area (TPSA) is 57.3 Å². The fourth-order valence-corrected chi connectivity index (χ4v) is 2.30. The van der Waals surface area contributed by atoms with Gasteiger partial charge < -0.3 is 15.5 Å². The van der Waals surface area contributed by atoms with Gasteiger partial charge in [-0.3, -0.25) is 4.79 Å². The van der Waals surface area contributed by atoms with Gasteiger partial charge in [0, 0.05) is 31.4 Å². The standard InChI is InChI=1S/C14H22N4O/c1-3-6-15-10-12-5-4-7-16-13(12)18-9-8-17-14(19)11(18)2/h4-5,7,11,15H,3,6,8-10H2,1-2H3,(H,17,19). The van der Waals surface area contributed by atoms with Gasteiger partial charge in [0.2, 0.25) is 5.91 Å². The van der Waals surface area contributed by atoms with Crippen LogP contribution in [0.15, 0.2) is 18.3 Å². The normalized spacial score (nSPS) is 19.4. The Kier molecular flexibility index (Phi) is 4.74. The zero-order chi connectivity index (χ0) is 13.7. The van der Waals surface area contributed by atoms with Crippen LogP contribution >= 0.6 is 0 Å². The fourth-order valence-electron chi connectivity index (χ4n) is 2.30. The summed E-state index contributed by atoms with van der Waals surface area (Å²) in [6.45, 7) is 7.35. The van der Waals surface area contributed by atoms with E-state index in [-0.39, 0.29) is 11.9 Å². The quantitative estimate of drug-likeness (QED) is 0.774. The number of amides is 1. The van der Waals surface area contributed by atoms with Crippen LogP contribution in [0.2, 0.25) is 0 Å². The molecular weight excluding hydrogens is 240 g/mol. The molecule has 0 aromatic carbocycles. The van der Waals surface area contributed by atoms with Gasteiger partial charge >= 0.3 is 0 Å². The Morgan fingerprint density at radius 1 is 1.58 bits per heavy atom. The second-order valence-electron chi connectivity index (χ2n) is 4.82. The van der Waals surface area contributed by atoms with Crippen molar-refractivity contribution in [1.82, 2.24) is 15.6 Å². The van der Waals surface area contributed by atoms with E-state index < -0.39 is 0 Å². The predicted molar refractivity (Wildman–Crippen MR) is 76.1 cm³/mol. The molecule has 5 heteroatoms. The van der Waals surface area contributed by atoms with E-state index in [4.69, 9.17) is 0 Å². The maximum absolute atomic E-state index is 11.8. The van der Waals surface area contributed by atoms with Gasteiger partial charge in [-0.25, -0.2) is 4.98 Å². The minimum Gasteiger partial charge on any atom is -0.353 e. The molecule has 1 aliphatic heterocycles. The molecule has 104 valence electrons. The molecule has 1 unspecified atom stereocenters. The Morgan fingerprint density at radius 3 is 3.21 bits per heavy atom. The Bertz CT molecular complexity index is 435. The van der Waals surface area contributed by atoms with Crippen molar-refractivity contribution in [3.8, 4) is 0 Å². The molecule has 1 fully saturated rings. The van der Waals surface area contributed by atoms with Crippen molar-refractivity contribution in [2.45, 2.75) is 32.9 Å². The summed E-state index contributed by atoms with van der Waals surface area (Å²) in [6.07, 6.45) is 2.90. The van der Waals surface area contributed by atoms with E-state index in [9.17, 15) is 4.79 Å². The van der Waals surface area contributed by atoms with Crippen LogP contribution in [-0.2, 0) is 11.3 Å². The Hall–Kier alpha value is -1.62. The maximum atomic E-state index is 11.8. The van der Waals surface area contributed by atoms with Crippen LogP contribution in [0.4, 0.5) is 5.82 Å². The van der Waals surface area contributed by atoms with Gasteiger partial charge in [-0.05, 0) is 26.0 Å². The van der Waals surface area contributed by atoms with Crippen LogP contribution < -0.4 is 15.5 Å². The molecule has 5 nitrogen and oxygen atoms in total. The third-order valence-corrected chi connectivity index (χ3v) is 3.38. The van der Waals surface area contributed by atoms with E-state index in [2.05, 4.69) is 33.5 Å². The second kappa shape index (κ2) is 6.52. The molecule has 1 amide bonds. The number of hydrogen-bond acceptors (Lipinski definition) is 4. The van der Waals surface area contributed by atoms with Gasteiger partial charge in [0.1, 0.15) is 11.9 Å².